The zero-order valence-corrected chi connectivity index (χ0v) is 9.39. The van der Waals surface area contributed by atoms with Gasteiger partial charge in [-0.05, 0) is 36.7 Å². The molecule has 2 atom stereocenters. The van der Waals surface area contributed by atoms with Gasteiger partial charge in [0, 0.05) is 4.88 Å². The molecule has 0 radical (unpaired) electrons. The van der Waals surface area contributed by atoms with Gasteiger partial charge in [-0.3, -0.25) is 0 Å². The number of esters is 1. The molecule has 1 aromatic rings. The number of methoxy groups -OCH3 is 1. The molecule has 0 spiro atoms. The normalized spacial score (nSPS) is 26.7. The van der Waals surface area contributed by atoms with Gasteiger partial charge >= 0.3 is 5.97 Å². The standard InChI is InChI=1S/C11H13NO2S/c1-14-11(13)8-7-5-2-3-6(4-5)9(7)15-10(8)12/h5-6H,2-4,12H2,1H3. The molecule has 2 N–H and O–H groups in total. The van der Waals surface area contributed by atoms with E-state index in [1.54, 1.807) is 11.3 Å². The predicted molar refractivity (Wildman–Crippen MR) is 59.4 cm³/mol. The lowest BCUT2D eigenvalue weighted by Gasteiger charge is -2.11. The Morgan fingerprint density at radius 1 is 1.47 bits per heavy atom. The molecule has 1 fully saturated rings. The van der Waals surface area contributed by atoms with Crippen LogP contribution in [-0.4, -0.2) is 13.1 Å². The molecule has 80 valence electrons. The molecule has 15 heavy (non-hydrogen) atoms. The van der Waals surface area contributed by atoms with Crippen molar-refractivity contribution in [1.29, 1.82) is 0 Å². The van der Waals surface area contributed by atoms with Gasteiger partial charge in [-0.15, -0.1) is 11.3 Å². The van der Waals surface area contributed by atoms with Crippen LogP contribution in [0.5, 0.6) is 0 Å². The van der Waals surface area contributed by atoms with Crippen LogP contribution in [0.1, 0.15) is 51.9 Å². The Bertz CT molecular complexity index is 438. The number of ether oxygens (including phenoxy) is 1. The lowest BCUT2D eigenvalue weighted by atomic mass is 9.95. The molecule has 0 aromatic carbocycles. The van der Waals surface area contributed by atoms with E-state index in [2.05, 4.69) is 0 Å². The van der Waals surface area contributed by atoms with Gasteiger partial charge in [0.25, 0.3) is 0 Å². The zero-order chi connectivity index (χ0) is 10.6. The number of hydrogen-bond donors (Lipinski definition) is 1. The zero-order valence-electron chi connectivity index (χ0n) is 8.58. The molecule has 1 saturated carbocycles. The fraction of sp³-hybridized carbons (Fsp3) is 0.545. The van der Waals surface area contributed by atoms with Gasteiger partial charge in [-0.2, -0.15) is 0 Å². The molecule has 2 aliphatic rings. The van der Waals surface area contributed by atoms with E-state index in [4.69, 9.17) is 10.5 Å². The summed E-state index contributed by atoms with van der Waals surface area (Å²) in [5.41, 5.74) is 7.76. The minimum absolute atomic E-state index is 0.266. The van der Waals surface area contributed by atoms with E-state index < -0.39 is 0 Å². The summed E-state index contributed by atoms with van der Waals surface area (Å²) in [6, 6.07) is 0. The third-order valence-corrected chi connectivity index (χ3v) is 4.80. The second kappa shape index (κ2) is 2.98. The van der Waals surface area contributed by atoms with Crippen molar-refractivity contribution in [3.05, 3.63) is 16.0 Å². The number of nitrogens with two attached hydrogens (primary N) is 1. The molecule has 0 aliphatic heterocycles. The first-order valence-electron chi connectivity index (χ1n) is 5.22. The Morgan fingerprint density at radius 3 is 2.93 bits per heavy atom. The molecule has 3 rings (SSSR count). The number of anilines is 1. The van der Waals surface area contributed by atoms with E-state index in [1.165, 1.54) is 36.8 Å². The molecule has 2 bridgehead atoms. The van der Waals surface area contributed by atoms with Crippen LogP contribution < -0.4 is 5.73 Å². The summed E-state index contributed by atoms with van der Waals surface area (Å²) in [6.07, 6.45) is 3.68. The van der Waals surface area contributed by atoms with Gasteiger partial charge in [0.1, 0.15) is 5.00 Å². The summed E-state index contributed by atoms with van der Waals surface area (Å²) in [7, 11) is 1.42. The Labute approximate surface area is 92.2 Å². The summed E-state index contributed by atoms with van der Waals surface area (Å²) in [5, 5.41) is 0.642. The highest BCUT2D eigenvalue weighted by Gasteiger charge is 2.42. The van der Waals surface area contributed by atoms with Crippen molar-refractivity contribution in [2.24, 2.45) is 0 Å². The van der Waals surface area contributed by atoms with Gasteiger partial charge in [-0.1, -0.05) is 0 Å². The topological polar surface area (TPSA) is 52.3 Å². The molecular weight excluding hydrogens is 210 g/mol. The molecule has 0 amide bonds. The molecular formula is C11H13NO2S. The minimum atomic E-state index is -0.266. The second-order valence-corrected chi connectivity index (χ2v) is 5.40. The minimum Gasteiger partial charge on any atom is -0.465 e. The highest BCUT2D eigenvalue weighted by molar-refractivity contribution is 7.16. The lowest BCUT2D eigenvalue weighted by molar-refractivity contribution is 0.0601. The maximum Gasteiger partial charge on any atom is 0.341 e. The number of rotatable bonds is 1. The maximum absolute atomic E-state index is 11.6. The molecule has 2 aliphatic carbocycles. The van der Waals surface area contributed by atoms with E-state index in [0.29, 0.717) is 22.4 Å². The largest absolute Gasteiger partial charge is 0.465 e. The van der Waals surface area contributed by atoms with E-state index >= 15 is 0 Å². The first-order valence-corrected chi connectivity index (χ1v) is 6.04. The van der Waals surface area contributed by atoms with Crippen molar-refractivity contribution in [2.75, 3.05) is 12.8 Å². The fourth-order valence-corrected chi connectivity index (χ4v) is 4.28. The first kappa shape index (κ1) is 9.21. The summed E-state index contributed by atoms with van der Waals surface area (Å²) in [4.78, 5) is 13.0. The van der Waals surface area contributed by atoms with E-state index in [-0.39, 0.29) is 5.97 Å². The van der Waals surface area contributed by atoms with Crippen molar-refractivity contribution >= 4 is 22.3 Å². The number of carbonyl (C=O) groups excluding carboxylic acids is 1. The van der Waals surface area contributed by atoms with Crippen LogP contribution in [0, 0.1) is 0 Å². The van der Waals surface area contributed by atoms with Crippen molar-refractivity contribution in [3.8, 4) is 0 Å². The number of hydrogen-bond acceptors (Lipinski definition) is 4. The Morgan fingerprint density at radius 2 is 2.20 bits per heavy atom. The number of carbonyl (C=O) groups is 1. The molecule has 1 aromatic heterocycles. The molecule has 4 heteroatoms. The van der Waals surface area contributed by atoms with Crippen LogP contribution in [0.4, 0.5) is 5.00 Å². The van der Waals surface area contributed by atoms with Crippen molar-refractivity contribution in [1.82, 2.24) is 0 Å². The number of nitrogen functional groups attached to an aromatic ring is 1. The van der Waals surface area contributed by atoms with Crippen LogP contribution in [0.2, 0.25) is 0 Å². The molecule has 3 nitrogen and oxygen atoms in total. The van der Waals surface area contributed by atoms with Crippen LogP contribution >= 0.6 is 11.3 Å². The van der Waals surface area contributed by atoms with Gasteiger partial charge in [-0.25, -0.2) is 4.79 Å². The van der Waals surface area contributed by atoms with E-state index in [9.17, 15) is 4.79 Å². The third-order valence-electron chi connectivity index (χ3n) is 3.60. The van der Waals surface area contributed by atoms with Crippen molar-refractivity contribution in [2.45, 2.75) is 31.1 Å². The van der Waals surface area contributed by atoms with Crippen LogP contribution in [0.25, 0.3) is 0 Å². The lowest BCUT2D eigenvalue weighted by Crippen LogP contribution is -2.07. The van der Waals surface area contributed by atoms with Crippen LogP contribution in [0.15, 0.2) is 0 Å². The predicted octanol–water partition coefficient (Wildman–Crippen LogP) is 2.48. The summed E-state index contributed by atoms with van der Waals surface area (Å²) in [5.74, 6) is 0.959. The Hall–Kier alpha value is -1.03. The summed E-state index contributed by atoms with van der Waals surface area (Å²) in [6.45, 7) is 0. The van der Waals surface area contributed by atoms with Crippen LogP contribution in [-0.2, 0) is 4.74 Å². The van der Waals surface area contributed by atoms with Gasteiger partial charge < -0.3 is 10.5 Å². The van der Waals surface area contributed by atoms with Gasteiger partial charge in [0.15, 0.2) is 0 Å². The van der Waals surface area contributed by atoms with Gasteiger partial charge in [0.2, 0.25) is 0 Å². The monoisotopic (exact) mass is 223 g/mol. The average molecular weight is 223 g/mol. The number of fused-ring (bicyclic) bond motifs is 5. The Kier molecular flexibility index (Phi) is 1.83. The number of thiophene rings is 1. The van der Waals surface area contributed by atoms with Crippen molar-refractivity contribution in [3.63, 3.8) is 0 Å². The van der Waals surface area contributed by atoms with Crippen molar-refractivity contribution < 1.29 is 9.53 Å². The SMILES string of the molecule is COC(=O)c1c(N)sc2c1C1CCC2C1. The quantitative estimate of drug-likeness (QED) is 0.744. The highest BCUT2D eigenvalue weighted by atomic mass is 32.1. The molecule has 0 saturated heterocycles. The summed E-state index contributed by atoms with van der Waals surface area (Å²) >= 11 is 1.59. The first-order chi connectivity index (χ1) is 7.22. The maximum atomic E-state index is 11.6. The average Bonchev–Trinajstić information content (AvgIpc) is 2.86. The smallest absolute Gasteiger partial charge is 0.341 e. The van der Waals surface area contributed by atoms with E-state index in [0.717, 1.165) is 0 Å². The molecule has 1 heterocycles. The molecule has 2 unspecified atom stereocenters. The second-order valence-electron chi connectivity index (χ2n) is 4.32. The summed E-state index contributed by atoms with van der Waals surface area (Å²) < 4.78 is 4.80. The highest BCUT2D eigenvalue weighted by Crippen LogP contribution is 2.58. The van der Waals surface area contributed by atoms with Gasteiger partial charge in [0.05, 0.1) is 12.7 Å². The third kappa shape index (κ3) is 1.08. The van der Waals surface area contributed by atoms with Crippen LogP contribution in [0.3, 0.4) is 0 Å². The van der Waals surface area contributed by atoms with E-state index in [1.807, 2.05) is 0 Å². The fourth-order valence-electron chi connectivity index (χ4n) is 2.98. The Balaban J connectivity index is 2.16.